The van der Waals surface area contributed by atoms with E-state index >= 15 is 0 Å². The summed E-state index contributed by atoms with van der Waals surface area (Å²) in [4.78, 5) is 20.8. The summed E-state index contributed by atoms with van der Waals surface area (Å²) in [6.07, 6.45) is 5.14. The lowest BCUT2D eigenvalue weighted by molar-refractivity contribution is -0.131. The highest BCUT2D eigenvalue weighted by Crippen LogP contribution is 2.28. The molecule has 1 aliphatic heterocycles. The molecule has 0 radical (unpaired) electrons. The van der Waals surface area contributed by atoms with Crippen LogP contribution < -0.4 is 4.90 Å². The predicted molar refractivity (Wildman–Crippen MR) is 87.7 cm³/mol. The second-order valence-electron chi connectivity index (χ2n) is 6.11. The van der Waals surface area contributed by atoms with Gasteiger partial charge in [-0.15, -0.1) is 0 Å². The molecule has 23 heavy (non-hydrogen) atoms. The minimum absolute atomic E-state index is 0.155. The van der Waals surface area contributed by atoms with Gasteiger partial charge in [0, 0.05) is 40.2 Å². The van der Waals surface area contributed by atoms with E-state index in [2.05, 4.69) is 5.10 Å². The van der Waals surface area contributed by atoms with Crippen molar-refractivity contribution in [3.63, 3.8) is 0 Å². The van der Waals surface area contributed by atoms with Crippen LogP contribution in [-0.4, -0.2) is 66.3 Å². The van der Waals surface area contributed by atoms with Crippen molar-refractivity contribution in [2.24, 2.45) is 0 Å². The van der Waals surface area contributed by atoms with E-state index < -0.39 is 0 Å². The summed E-state index contributed by atoms with van der Waals surface area (Å²) in [7, 11) is 5.58. The highest BCUT2D eigenvalue weighted by Gasteiger charge is 2.28. The maximum Gasteiger partial charge on any atom is 0.224 e. The number of fused-ring (bicyclic) bond motifs is 1. The third-order valence-corrected chi connectivity index (χ3v) is 4.29. The van der Waals surface area contributed by atoms with Gasteiger partial charge in [0.25, 0.3) is 0 Å². The Hall–Kier alpha value is -2.15. The monoisotopic (exact) mass is 317 g/mol. The summed E-state index contributed by atoms with van der Waals surface area (Å²) in [5, 5.41) is 4.34. The molecule has 0 unspecified atom stereocenters. The number of methoxy groups -OCH3 is 1. The molecule has 2 aromatic heterocycles. The SMILES string of the molecule is COCCC(=O)N1CC[C@@H](c2cn3nccc3c(N(C)C)n2)C1. The van der Waals surface area contributed by atoms with Gasteiger partial charge in [-0.3, -0.25) is 4.79 Å². The van der Waals surface area contributed by atoms with Crippen LogP contribution in [0.3, 0.4) is 0 Å². The van der Waals surface area contributed by atoms with Gasteiger partial charge in [0.2, 0.25) is 5.91 Å². The molecule has 0 spiro atoms. The lowest BCUT2D eigenvalue weighted by atomic mass is 10.1. The van der Waals surface area contributed by atoms with Crippen LogP contribution in [0.15, 0.2) is 18.5 Å². The fourth-order valence-corrected chi connectivity index (χ4v) is 3.03. The van der Waals surface area contributed by atoms with Gasteiger partial charge in [-0.25, -0.2) is 9.50 Å². The molecule has 0 bridgehead atoms. The zero-order valence-electron chi connectivity index (χ0n) is 13.9. The van der Waals surface area contributed by atoms with Gasteiger partial charge in [0.15, 0.2) is 5.82 Å². The molecular weight excluding hydrogens is 294 g/mol. The average molecular weight is 317 g/mol. The Morgan fingerprint density at radius 3 is 3.04 bits per heavy atom. The van der Waals surface area contributed by atoms with Crippen molar-refractivity contribution in [2.75, 3.05) is 45.8 Å². The number of ether oxygens (including phenoxy) is 1. The second-order valence-corrected chi connectivity index (χ2v) is 6.11. The Balaban J connectivity index is 1.80. The number of rotatable bonds is 5. The minimum atomic E-state index is 0.155. The largest absolute Gasteiger partial charge is 0.384 e. The number of anilines is 1. The molecule has 0 N–H and O–H groups in total. The van der Waals surface area contributed by atoms with E-state index in [1.165, 1.54) is 0 Å². The van der Waals surface area contributed by atoms with Crippen LogP contribution in [0.4, 0.5) is 5.82 Å². The summed E-state index contributed by atoms with van der Waals surface area (Å²) in [5.41, 5.74) is 1.98. The van der Waals surface area contributed by atoms with Gasteiger partial charge in [0.1, 0.15) is 5.52 Å². The summed E-state index contributed by atoms with van der Waals surface area (Å²) in [5.74, 6) is 1.32. The normalized spacial score (nSPS) is 17.9. The summed E-state index contributed by atoms with van der Waals surface area (Å²) in [6, 6.07) is 1.96. The first-order chi connectivity index (χ1) is 11.1. The zero-order chi connectivity index (χ0) is 16.4. The van der Waals surface area contributed by atoms with Crippen LogP contribution in [0.25, 0.3) is 5.52 Å². The van der Waals surface area contributed by atoms with Crippen LogP contribution in [0.2, 0.25) is 0 Å². The lowest BCUT2D eigenvalue weighted by Crippen LogP contribution is -2.29. The van der Waals surface area contributed by atoms with Gasteiger partial charge < -0.3 is 14.5 Å². The molecule has 3 rings (SSSR count). The zero-order valence-corrected chi connectivity index (χ0v) is 13.9. The third-order valence-electron chi connectivity index (χ3n) is 4.29. The molecule has 3 heterocycles. The van der Waals surface area contributed by atoms with Crippen molar-refractivity contribution >= 4 is 17.2 Å². The lowest BCUT2D eigenvalue weighted by Gasteiger charge is -2.18. The Labute approximate surface area is 135 Å². The standard InChI is InChI=1S/C16H23N5O2/c1-19(2)16-14-4-7-17-21(14)11-13(18-16)12-5-8-20(10-12)15(22)6-9-23-3/h4,7,11-12H,5-6,8-10H2,1-3H3/t12-/m1/s1. The fourth-order valence-electron chi connectivity index (χ4n) is 3.03. The minimum Gasteiger partial charge on any atom is -0.384 e. The average Bonchev–Trinajstić information content (AvgIpc) is 3.19. The van der Waals surface area contributed by atoms with E-state index in [-0.39, 0.29) is 11.8 Å². The van der Waals surface area contributed by atoms with E-state index in [1.54, 1.807) is 13.3 Å². The van der Waals surface area contributed by atoms with E-state index in [0.29, 0.717) is 13.0 Å². The maximum absolute atomic E-state index is 12.1. The molecule has 0 aliphatic carbocycles. The van der Waals surface area contributed by atoms with Gasteiger partial charge in [-0.1, -0.05) is 0 Å². The van der Waals surface area contributed by atoms with Crippen molar-refractivity contribution in [3.8, 4) is 0 Å². The second kappa shape index (κ2) is 6.54. The fraction of sp³-hybridized carbons (Fsp3) is 0.562. The number of hydrogen-bond acceptors (Lipinski definition) is 5. The topological polar surface area (TPSA) is 63.0 Å². The molecule has 2 aromatic rings. The molecular formula is C16H23N5O2. The number of amides is 1. The molecule has 1 saturated heterocycles. The first-order valence-electron chi connectivity index (χ1n) is 7.88. The van der Waals surface area contributed by atoms with Crippen molar-refractivity contribution < 1.29 is 9.53 Å². The van der Waals surface area contributed by atoms with Crippen molar-refractivity contribution in [2.45, 2.75) is 18.8 Å². The number of aromatic nitrogens is 3. The molecule has 1 fully saturated rings. The van der Waals surface area contributed by atoms with Gasteiger partial charge in [-0.2, -0.15) is 5.10 Å². The summed E-state index contributed by atoms with van der Waals surface area (Å²) >= 11 is 0. The Kier molecular flexibility index (Phi) is 4.47. The van der Waals surface area contributed by atoms with Crippen molar-refractivity contribution in [3.05, 3.63) is 24.2 Å². The number of likely N-dealkylation sites (tertiary alicyclic amines) is 1. The van der Waals surface area contributed by atoms with E-state index in [4.69, 9.17) is 9.72 Å². The number of carbonyl (C=O) groups is 1. The van der Waals surface area contributed by atoms with Crippen molar-refractivity contribution in [1.82, 2.24) is 19.5 Å². The summed E-state index contributed by atoms with van der Waals surface area (Å²) in [6.45, 7) is 1.97. The first-order valence-corrected chi connectivity index (χ1v) is 7.88. The van der Waals surface area contributed by atoms with E-state index in [1.807, 2.05) is 40.7 Å². The van der Waals surface area contributed by atoms with Gasteiger partial charge in [-0.05, 0) is 12.5 Å². The molecule has 7 nitrogen and oxygen atoms in total. The van der Waals surface area contributed by atoms with Crippen LogP contribution in [-0.2, 0) is 9.53 Å². The molecule has 0 saturated carbocycles. The first kappa shape index (κ1) is 15.7. The summed E-state index contributed by atoms with van der Waals surface area (Å²) < 4.78 is 6.86. The van der Waals surface area contributed by atoms with Crippen LogP contribution >= 0.6 is 0 Å². The van der Waals surface area contributed by atoms with Crippen LogP contribution in [0, 0.1) is 0 Å². The smallest absolute Gasteiger partial charge is 0.224 e. The van der Waals surface area contributed by atoms with Crippen LogP contribution in [0.1, 0.15) is 24.5 Å². The number of nitrogens with zero attached hydrogens (tertiary/aromatic N) is 5. The Bertz CT molecular complexity index is 697. The van der Waals surface area contributed by atoms with Crippen molar-refractivity contribution in [1.29, 1.82) is 0 Å². The Morgan fingerprint density at radius 1 is 1.48 bits per heavy atom. The highest BCUT2D eigenvalue weighted by atomic mass is 16.5. The molecule has 124 valence electrons. The maximum atomic E-state index is 12.1. The highest BCUT2D eigenvalue weighted by molar-refractivity contribution is 5.76. The number of carbonyl (C=O) groups excluding carboxylic acids is 1. The van der Waals surface area contributed by atoms with Gasteiger partial charge in [0.05, 0.1) is 31.1 Å². The molecule has 1 atom stereocenters. The van der Waals surface area contributed by atoms with E-state index in [0.717, 1.165) is 36.5 Å². The quantitative estimate of drug-likeness (QED) is 0.828. The Morgan fingerprint density at radius 2 is 2.30 bits per heavy atom. The molecule has 1 amide bonds. The van der Waals surface area contributed by atoms with Gasteiger partial charge >= 0.3 is 0 Å². The van der Waals surface area contributed by atoms with E-state index in [9.17, 15) is 4.79 Å². The number of hydrogen-bond donors (Lipinski definition) is 0. The molecule has 1 aliphatic rings. The van der Waals surface area contributed by atoms with Crippen LogP contribution in [0.5, 0.6) is 0 Å². The molecule has 7 heteroatoms. The third kappa shape index (κ3) is 3.14. The molecule has 0 aromatic carbocycles. The predicted octanol–water partition coefficient (Wildman–Crippen LogP) is 1.15.